The van der Waals surface area contributed by atoms with Crippen LogP contribution < -0.4 is 12.4 Å². The molecule has 1 nitrogen and oxygen atoms in total. The van der Waals surface area contributed by atoms with Gasteiger partial charge in [0.15, 0.2) is 0 Å². The molecule has 0 unspecified atom stereocenters. The summed E-state index contributed by atoms with van der Waals surface area (Å²) in [5, 5.41) is 8.46. The average molecular weight is 179 g/mol. The molecule has 0 aromatic heterocycles. The van der Waals surface area contributed by atoms with E-state index in [1.807, 2.05) is 18.2 Å². The maximum Gasteiger partial charge on any atom is 0.0647 e. The van der Waals surface area contributed by atoms with Crippen LogP contribution in [0.15, 0.2) is 23.8 Å². The Kier molecular flexibility index (Phi) is 8.86. The van der Waals surface area contributed by atoms with Gasteiger partial charge in [-0.05, 0) is 12.0 Å². The third kappa shape index (κ3) is 3.93. The third-order valence-corrected chi connectivity index (χ3v) is 1.05. The van der Waals surface area contributed by atoms with E-state index < -0.39 is 0 Å². The van der Waals surface area contributed by atoms with Crippen LogP contribution in [0.2, 0.25) is 0 Å². The van der Waals surface area contributed by atoms with Gasteiger partial charge < -0.3 is 17.5 Å². The molecule has 0 saturated heterocycles. The number of hydrogen-bond acceptors (Lipinski definition) is 1. The van der Waals surface area contributed by atoms with Gasteiger partial charge in [0.25, 0.3) is 0 Å². The van der Waals surface area contributed by atoms with E-state index in [0.29, 0.717) is 0 Å². The zero-order valence-electron chi connectivity index (χ0n) is 4.97. The van der Waals surface area contributed by atoms with Crippen molar-refractivity contribution in [3.63, 3.8) is 0 Å². The summed E-state index contributed by atoms with van der Waals surface area (Å²) in [5.74, 6) is 0. The van der Waals surface area contributed by atoms with Gasteiger partial charge in [-0.15, -0.1) is 0 Å². The summed E-state index contributed by atoms with van der Waals surface area (Å²) < 4.78 is 0. The molecule has 1 aliphatic carbocycles. The number of aliphatic hydroxyl groups is 1. The maximum atomic E-state index is 8.46. The molecule has 0 radical (unpaired) electrons. The third-order valence-electron chi connectivity index (χ3n) is 1.05. The minimum atomic E-state index is 0. The van der Waals surface area contributed by atoms with Crippen molar-refractivity contribution < 1.29 is 39.2 Å². The van der Waals surface area contributed by atoms with Gasteiger partial charge in [-0.1, -0.05) is 18.2 Å². The predicted molar refractivity (Wildman–Crippen MR) is 28.9 cm³/mol. The summed E-state index contributed by atoms with van der Waals surface area (Å²) in [6, 6.07) is 0. The molecular formula is C6H8ClOTi-. The van der Waals surface area contributed by atoms with Gasteiger partial charge in [0, 0.05) is 21.7 Å². The van der Waals surface area contributed by atoms with Crippen LogP contribution in [0.3, 0.4) is 0 Å². The number of rotatable bonds is 1. The van der Waals surface area contributed by atoms with Crippen LogP contribution in [-0.2, 0) is 21.7 Å². The number of allylic oxidation sites excluding steroid dienone is 3. The van der Waals surface area contributed by atoms with Crippen molar-refractivity contribution in [2.24, 2.45) is 0 Å². The van der Waals surface area contributed by atoms with Crippen molar-refractivity contribution in [1.29, 1.82) is 0 Å². The van der Waals surface area contributed by atoms with Gasteiger partial charge in [-0.25, -0.2) is 0 Å². The predicted octanol–water partition coefficient (Wildman–Crippen LogP) is -2.13. The quantitative estimate of drug-likeness (QED) is 0.456. The number of aliphatic hydroxyl groups excluding tert-OH is 1. The summed E-state index contributed by atoms with van der Waals surface area (Å²) in [5.41, 5.74) is 1.11. The van der Waals surface area contributed by atoms with Crippen molar-refractivity contribution in [2.45, 2.75) is 6.42 Å². The Morgan fingerprint density at radius 2 is 2.22 bits per heavy atom. The van der Waals surface area contributed by atoms with Crippen molar-refractivity contribution in [1.82, 2.24) is 0 Å². The standard InChI is InChI=1S/C6H8O.ClH.Ti/c7-5-6-3-1-2-4-6;;/h1-3,7H,4-5H2;1H;/p-1. The summed E-state index contributed by atoms with van der Waals surface area (Å²) in [7, 11) is 0. The molecule has 0 fully saturated rings. The van der Waals surface area contributed by atoms with Gasteiger partial charge in [0.1, 0.15) is 0 Å². The Balaban J connectivity index is 0. The van der Waals surface area contributed by atoms with Crippen molar-refractivity contribution in [3.8, 4) is 0 Å². The van der Waals surface area contributed by atoms with Gasteiger partial charge in [0.2, 0.25) is 0 Å². The van der Waals surface area contributed by atoms with Crippen LogP contribution in [0.1, 0.15) is 6.42 Å². The zero-order valence-corrected chi connectivity index (χ0v) is 7.29. The van der Waals surface area contributed by atoms with Crippen LogP contribution >= 0.6 is 0 Å². The van der Waals surface area contributed by atoms with E-state index in [-0.39, 0.29) is 40.7 Å². The van der Waals surface area contributed by atoms with E-state index >= 15 is 0 Å². The fourth-order valence-electron chi connectivity index (χ4n) is 0.609. The topological polar surface area (TPSA) is 20.2 Å². The van der Waals surface area contributed by atoms with E-state index in [1.165, 1.54) is 0 Å². The van der Waals surface area contributed by atoms with Crippen LogP contribution in [0, 0.1) is 0 Å². The maximum absolute atomic E-state index is 8.46. The van der Waals surface area contributed by atoms with E-state index in [4.69, 9.17) is 5.11 Å². The molecular weight excluding hydrogens is 171 g/mol. The Labute approximate surface area is 76.1 Å². The second-order valence-corrected chi connectivity index (χ2v) is 1.62. The van der Waals surface area contributed by atoms with E-state index in [0.717, 1.165) is 12.0 Å². The van der Waals surface area contributed by atoms with E-state index in [2.05, 4.69) is 0 Å². The molecule has 1 rings (SSSR count). The van der Waals surface area contributed by atoms with E-state index in [9.17, 15) is 0 Å². The fourth-order valence-corrected chi connectivity index (χ4v) is 0.609. The molecule has 3 heteroatoms. The average Bonchev–Trinajstić information content (AvgIpc) is 2.14. The minimum absolute atomic E-state index is 0. The molecule has 0 spiro atoms. The Morgan fingerprint density at radius 3 is 2.44 bits per heavy atom. The molecule has 0 aliphatic heterocycles. The summed E-state index contributed by atoms with van der Waals surface area (Å²) >= 11 is 0. The Morgan fingerprint density at radius 1 is 1.56 bits per heavy atom. The molecule has 1 N–H and O–H groups in total. The summed E-state index contributed by atoms with van der Waals surface area (Å²) in [4.78, 5) is 0. The van der Waals surface area contributed by atoms with Crippen molar-refractivity contribution in [2.75, 3.05) is 6.61 Å². The van der Waals surface area contributed by atoms with Crippen molar-refractivity contribution in [3.05, 3.63) is 23.8 Å². The first-order chi connectivity index (χ1) is 3.43. The Bertz CT molecular complexity index is 120. The molecule has 9 heavy (non-hydrogen) atoms. The number of hydrogen-bond donors (Lipinski definition) is 1. The van der Waals surface area contributed by atoms with E-state index in [1.54, 1.807) is 0 Å². The molecule has 50 valence electrons. The first-order valence-electron chi connectivity index (χ1n) is 2.39. The first kappa shape index (κ1) is 12.2. The Hall–Kier alpha value is 0.444. The van der Waals surface area contributed by atoms with Gasteiger partial charge in [0.05, 0.1) is 6.61 Å². The minimum Gasteiger partial charge on any atom is -1.00 e. The first-order valence-corrected chi connectivity index (χ1v) is 2.39. The second kappa shape index (κ2) is 6.56. The van der Waals surface area contributed by atoms with Crippen LogP contribution in [0.5, 0.6) is 0 Å². The van der Waals surface area contributed by atoms with Crippen LogP contribution in [0.4, 0.5) is 0 Å². The van der Waals surface area contributed by atoms with Gasteiger partial charge in [-0.3, -0.25) is 0 Å². The van der Waals surface area contributed by atoms with Crippen molar-refractivity contribution >= 4 is 0 Å². The SMILES string of the molecule is OCC1=CC=CC1.[Cl-].[Ti]. The molecule has 0 amide bonds. The zero-order chi connectivity index (χ0) is 5.11. The molecule has 0 bridgehead atoms. The molecule has 0 heterocycles. The number of halogens is 1. The molecule has 0 saturated carbocycles. The molecule has 1 aliphatic rings. The molecule has 0 aromatic rings. The second-order valence-electron chi connectivity index (χ2n) is 1.62. The van der Waals surface area contributed by atoms with Crippen LogP contribution in [-0.4, -0.2) is 11.7 Å². The summed E-state index contributed by atoms with van der Waals surface area (Å²) in [6.07, 6.45) is 6.88. The van der Waals surface area contributed by atoms with Gasteiger partial charge in [-0.2, -0.15) is 0 Å². The fraction of sp³-hybridized carbons (Fsp3) is 0.333. The molecule has 0 atom stereocenters. The molecule has 0 aromatic carbocycles. The smallest absolute Gasteiger partial charge is 0.0647 e. The van der Waals surface area contributed by atoms with Gasteiger partial charge >= 0.3 is 0 Å². The van der Waals surface area contributed by atoms with Crippen LogP contribution in [0.25, 0.3) is 0 Å². The summed E-state index contributed by atoms with van der Waals surface area (Å²) in [6.45, 7) is 0.215. The largest absolute Gasteiger partial charge is 1.00 e. The normalized spacial score (nSPS) is 13.7. The monoisotopic (exact) mass is 179 g/mol.